The van der Waals surface area contributed by atoms with E-state index in [4.69, 9.17) is 4.52 Å². The largest absolute Gasteiger partial charge is 0.361 e. The van der Waals surface area contributed by atoms with Crippen molar-refractivity contribution in [2.45, 2.75) is 39.4 Å². The molecule has 138 valence electrons. The van der Waals surface area contributed by atoms with Gasteiger partial charge in [-0.1, -0.05) is 11.2 Å². The van der Waals surface area contributed by atoms with Crippen LogP contribution in [0.15, 0.2) is 22.7 Å². The van der Waals surface area contributed by atoms with E-state index in [1.165, 1.54) is 11.8 Å². The molecule has 7 heteroatoms. The first kappa shape index (κ1) is 18.5. The standard InChI is InChI=1S/C19H23N3O3S/c1-11-4-7-15(20-19(24)14-5-6-14)8-17(11)21-18(23)10-26-9-16-12(2)22-25-13(16)3/h4,7-8,14H,5-6,9-10H2,1-3H3,(H,20,24)(H,21,23). The zero-order valence-corrected chi connectivity index (χ0v) is 16.0. The van der Waals surface area contributed by atoms with E-state index < -0.39 is 0 Å². The molecule has 3 rings (SSSR count). The maximum absolute atomic E-state index is 12.3. The van der Waals surface area contributed by atoms with Crippen LogP contribution < -0.4 is 10.6 Å². The van der Waals surface area contributed by atoms with Crippen molar-refractivity contribution in [1.82, 2.24) is 5.16 Å². The number of aryl methyl sites for hydroxylation is 3. The van der Waals surface area contributed by atoms with Gasteiger partial charge in [0, 0.05) is 28.6 Å². The zero-order valence-electron chi connectivity index (χ0n) is 15.2. The minimum atomic E-state index is -0.0736. The van der Waals surface area contributed by atoms with Crippen molar-refractivity contribution in [3.8, 4) is 0 Å². The van der Waals surface area contributed by atoms with E-state index in [0.717, 1.165) is 41.1 Å². The van der Waals surface area contributed by atoms with Crippen molar-refractivity contribution in [3.05, 3.63) is 40.8 Å². The maximum Gasteiger partial charge on any atom is 0.234 e. The Labute approximate surface area is 157 Å². The van der Waals surface area contributed by atoms with Crippen LogP contribution in [-0.4, -0.2) is 22.7 Å². The summed E-state index contributed by atoms with van der Waals surface area (Å²) in [5, 5.41) is 9.75. The molecule has 1 heterocycles. The fourth-order valence-corrected chi connectivity index (χ4v) is 3.54. The van der Waals surface area contributed by atoms with Gasteiger partial charge in [0.15, 0.2) is 0 Å². The van der Waals surface area contributed by atoms with Gasteiger partial charge in [0.1, 0.15) is 5.76 Å². The lowest BCUT2D eigenvalue weighted by atomic mass is 10.1. The van der Waals surface area contributed by atoms with Crippen molar-refractivity contribution in [1.29, 1.82) is 0 Å². The normalized spacial score (nSPS) is 13.5. The number of nitrogens with zero attached hydrogens (tertiary/aromatic N) is 1. The molecule has 0 spiro atoms. The Hall–Kier alpha value is -2.28. The van der Waals surface area contributed by atoms with Crippen LogP contribution in [0.2, 0.25) is 0 Å². The molecule has 1 aliphatic rings. The molecule has 2 aromatic rings. The van der Waals surface area contributed by atoms with Gasteiger partial charge in [-0.2, -0.15) is 0 Å². The molecule has 6 nitrogen and oxygen atoms in total. The van der Waals surface area contributed by atoms with Gasteiger partial charge in [0.25, 0.3) is 0 Å². The van der Waals surface area contributed by atoms with Gasteiger partial charge in [-0.15, -0.1) is 11.8 Å². The van der Waals surface area contributed by atoms with E-state index in [9.17, 15) is 9.59 Å². The number of amides is 2. The average Bonchev–Trinajstić information content (AvgIpc) is 3.40. The monoisotopic (exact) mass is 373 g/mol. The molecule has 0 radical (unpaired) electrons. The number of aromatic nitrogens is 1. The van der Waals surface area contributed by atoms with E-state index in [2.05, 4.69) is 15.8 Å². The van der Waals surface area contributed by atoms with Crippen LogP contribution >= 0.6 is 11.8 Å². The van der Waals surface area contributed by atoms with E-state index in [1.54, 1.807) is 0 Å². The van der Waals surface area contributed by atoms with Gasteiger partial charge in [0.05, 0.1) is 11.4 Å². The molecule has 1 aromatic carbocycles. The number of carbonyl (C=O) groups is 2. The first-order valence-corrected chi connectivity index (χ1v) is 9.80. The first-order valence-electron chi connectivity index (χ1n) is 8.65. The van der Waals surface area contributed by atoms with Crippen LogP contribution in [0.3, 0.4) is 0 Å². The summed E-state index contributed by atoms with van der Waals surface area (Å²) in [6.45, 7) is 5.71. The lowest BCUT2D eigenvalue weighted by molar-refractivity contribution is -0.117. The number of rotatable bonds is 7. The Morgan fingerprint density at radius 3 is 2.65 bits per heavy atom. The smallest absolute Gasteiger partial charge is 0.234 e. The second-order valence-electron chi connectivity index (χ2n) is 6.64. The summed E-state index contributed by atoms with van der Waals surface area (Å²) in [4.78, 5) is 24.1. The predicted octanol–water partition coefficient (Wildman–Crippen LogP) is 3.82. The molecular weight excluding hydrogens is 350 g/mol. The average molecular weight is 373 g/mol. The second kappa shape index (κ2) is 7.95. The highest BCUT2D eigenvalue weighted by Gasteiger charge is 2.29. The summed E-state index contributed by atoms with van der Waals surface area (Å²) < 4.78 is 5.13. The van der Waals surface area contributed by atoms with Crippen LogP contribution in [0.1, 0.15) is 35.4 Å². The number of benzene rings is 1. The van der Waals surface area contributed by atoms with Gasteiger partial charge >= 0.3 is 0 Å². The predicted molar refractivity (Wildman–Crippen MR) is 103 cm³/mol. The summed E-state index contributed by atoms with van der Waals surface area (Å²) in [7, 11) is 0. The van der Waals surface area contributed by atoms with Gasteiger partial charge in [-0.25, -0.2) is 0 Å². The highest BCUT2D eigenvalue weighted by atomic mass is 32.2. The Morgan fingerprint density at radius 2 is 2.00 bits per heavy atom. The molecule has 2 N–H and O–H groups in total. The minimum absolute atomic E-state index is 0.0566. The van der Waals surface area contributed by atoms with Crippen LogP contribution in [0, 0.1) is 26.7 Å². The second-order valence-corrected chi connectivity index (χ2v) is 7.62. The third-order valence-corrected chi connectivity index (χ3v) is 5.35. The van der Waals surface area contributed by atoms with Crippen molar-refractivity contribution in [2.75, 3.05) is 16.4 Å². The number of hydrogen-bond donors (Lipinski definition) is 2. The van der Waals surface area contributed by atoms with Crippen LogP contribution in [0.4, 0.5) is 11.4 Å². The number of hydrogen-bond acceptors (Lipinski definition) is 5. The van der Waals surface area contributed by atoms with E-state index in [1.807, 2.05) is 39.0 Å². The molecule has 0 aliphatic heterocycles. The van der Waals surface area contributed by atoms with Crippen LogP contribution in [-0.2, 0) is 15.3 Å². The van der Waals surface area contributed by atoms with Crippen molar-refractivity contribution < 1.29 is 14.1 Å². The zero-order chi connectivity index (χ0) is 18.7. The number of thioether (sulfide) groups is 1. The quantitative estimate of drug-likeness (QED) is 0.771. The first-order chi connectivity index (χ1) is 12.4. The Balaban J connectivity index is 1.53. The highest BCUT2D eigenvalue weighted by molar-refractivity contribution is 7.99. The van der Waals surface area contributed by atoms with E-state index in [0.29, 0.717) is 17.2 Å². The number of anilines is 2. The highest BCUT2D eigenvalue weighted by Crippen LogP contribution is 2.31. The van der Waals surface area contributed by atoms with Gasteiger partial charge < -0.3 is 15.2 Å². The molecule has 1 saturated carbocycles. The third kappa shape index (κ3) is 4.66. The third-order valence-electron chi connectivity index (χ3n) is 4.39. The summed E-state index contributed by atoms with van der Waals surface area (Å²) in [5.41, 5.74) is 4.31. The summed E-state index contributed by atoms with van der Waals surface area (Å²) in [6.07, 6.45) is 1.92. The van der Waals surface area contributed by atoms with Crippen molar-refractivity contribution >= 4 is 35.0 Å². The fraction of sp³-hybridized carbons (Fsp3) is 0.421. The molecule has 0 bridgehead atoms. The molecule has 26 heavy (non-hydrogen) atoms. The molecule has 1 aliphatic carbocycles. The van der Waals surface area contributed by atoms with E-state index in [-0.39, 0.29) is 17.7 Å². The molecule has 0 unspecified atom stereocenters. The maximum atomic E-state index is 12.3. The van der Waals surface area contributed by atoms with Crippen molar-refractivity contribution in [3.63, 3.8) is 0 Å². The Kier molecular flexibility index (Phi) is 5.66. The van der Waals surface area contributed by atoms with Crippen molar-refractivity contribution in [2.24, 2.45) is 5.92 Å². The Bertz CT molecular complexity index is 808. The van der Waals surface area contributed by atoms with Gasteiger partial charge in [0.2, 0.25) is 11.8 Å². The number of carbonyl (C=O) groups excluding carboxylic acids is 2. The fourth-order valence-electron chi connectivity index (χ4n) is 2.56. The van der Waals surface area contributed by atoms with Gasteiger partial charge in [-0.3, -0.25) is 9.59 Å². The topological polar surface area (TPSA) is 84.2 Å². The SMILES string of the molecule is Cc1ccc(NC(=O)C2CC2)cc1NC(=O)CSCc1c(C)noc1C. The molecular formula is C19H23N3O3S. The molecule has 1 aromatic heterocycles. The lowest BCUT2D eigenvalue weighted by Crippen LogP contribution is -2.16. The molecule has 0 saturated heterocycles. The number of nitrogens with one attached hydrogen (secondary N) is 2. The summed E-state index contributed by atoms with van der Waals surface area (Å²) in [5.74, 6) is 1.95. The lowest BCUT2D eigenvalue weighted by Gasteiger charge is -2.11. The Morgan fingerprint density at radius 1 is 1.23 bits per heavy atom. The molecule has 0 atom stereocenters. The summed E-state index contributed by atoms with van der Waals surface area (Å²) >= 11 is 1.52. The minimum Gasteiger partial charge on any atom is -0.361 e. The van der Waals surface area contributed by atoms with E-state index >= 15 is 0 Å². The van der Waals surface area contributed by atoms with Crippen LogP contribution in [0.25, 0.3) is 0 Å². The van der Waals surface area contributed by atoms with Crippen LogP contribution in [0.5, 0.6) is 0 Å². The molecule has 1 fully saturated rings. The van der Waals surface area contributed by atoms with Gasteiger partial charge in [-0.05, 0) is 51.3 Å². The summed E-state index contributed by atoms with van der Waals surface area (Å²) in [6, 6.07) is 5.57. The molecule has 2 amide bonds.